The van der Waals surface area contributed by atoms with E-state index in [2.05, 4.69) is 56.2 Å². The Morgan fingerprint density at radius 3 is 2.11 bits per heavy atom. The molecular weight excluding hydrogens is 220 g/mol. The Labute approximate surface area is 112 Å². The van der Waals surface area contributed by atoms with Gasteiger partial charge in [-0.25, -0.2) is 0 Å². The molecule has 1 heterocycles. The van der Waals surface area contributed by atoms with Crippen LogP contribution in [0.25, 0.3) is 0 Å². The van der Waals surface area contributed by atoms with Crippen LogP contribution < -0.4 is 10.2 Å². The van der Waals surface area contributed by atoms with Crippen LogP contribution in [0.15, 0.2) is 24.5 Å². The molecule has 100 valence electrons. The van der Waals surface area contributed by atoms with E-state index in [4.69, 9.17) is 0 Å². The maximum absolute atomic E-state index is 3.30. The highest BCUT2D eigenvalue weighted by atomic mass is 15.3. The zero-order valence-corrected chi connectivity index (χ0v) is 12.5. The van der Waals surface area contributed by atoms with Crippen molar-refractivity contribution < 1.29 is 0 Å². The van der Waals surface area contributed by atoms with Crippen molar-refractivity contribution in [3.05, 3.63) is 41.2 Å². The van der Waals surface area contributed by atoms with Gasteiger partial charge < -0.3 is 10.2 Å². The maximum atomic E-state index is 3.30. The first kappa shape index (κ1) is 14.6. The molecule has 1 atom stereocenters. The van der Waals surface area contributed by atoms with Gasteiger partial charge in [0.25, 0.3) is 0 Å². The van der Waals surface area contributed by atoms with Gasteiger partial charge in [-0.1, -0.05) is 32.9 Å². The van der Waals surface area contributed by atoms with Gasteiger partial charge in [0.05, 0.1) is 6.17 Å². The van der Waals surface area contributed by atoms with E-state index >= 15 is 0 Å². The van der Waals surface area contributed by atoms with Crippen LogP contribution in [-0.2, 0) is 6.42 Å². The quantitative estimate of drug-likeness (QED) is 0.844. The van der Waals surface area contributed by atoms with Crippen LogP contribution in [0.3, 0.4) is 0 Å². The smallest absolute Gasteiger partial charge is 0.1000 e. The van der Waals surface area contributed by atoms with Gasteiger partial charge >= 0.3 is 0 Å². The van der Waals surface area contributed by atoms with Crippen LogP contribution in [0.5, 0.6) is 0 Å². The monoisotopic (exact) mass is 246 g/mol. The summed E-state index contributed by atoms with van der Waals surface area (Å²) in [5.74, 6) is 0. The summed E-state index contributed by atoms with van der Waals surface area (Å²) in [6.45, 7) is 12.8. The average Bonchev–Trinajstić information content (AvgIpc) is 2.77. The van der Waals surface area contributed by atoms with Crippen molar-refractivity contribution in [2.75, 3.05) is 4.90 Å². The summed E-state index contributed by atoms with van der Waals surface area (Å²) in [6.07, 6.45) is 5.58. The van der Waals surface area contributed by atoms with Crippen LogP contribution in [-0.4, -0.2) is 6.17 Å². The third kappa shape index (κ3) is 2.87. The Bertz CT molecular complexity index is 398. The summed E-state index contributed by atoms with van der Waals surface area (Å²) >= 11 is 0. The molecule has 2 rings (SSSR count). The molecule has 0 aromatic heterocycles. The molecule has 0 saturated carbocycles. The first-order chi connectivity index (χ1) is 8.63. The molecule has 0 aliphatic carbocycles. The molecule has 0 amide bonds. The molecule has 0 fully saturated rings. The Morgan fingerprint density at radius 2 is 1.72 bits per heavy atom. The van der Waals surface area contributed by atoms with Gasteiger partial charge in [-0.3, -0.25) is 0 Å². The van der Waals surface area contributed by atoms with Gasteiger partial charge in [0.2, 0.25) is 0 Å². The third-order valence-corrected chi connectivity index (χ3v) is 3.21. The summed E-state index contributed by atoms with van der Waals surface area (Å²) in [7, 11) is 0. The molecule has 0 bridgehead atoms. The lowest BCUT2D eigenvalue weighted by atomic mass is 10.0. The van der Waals surface area contributed by atoms with Crippen LogP contribution in [0.1, 0.15) is 44.4 Å². The highest BCUT2D eigenvalue weighted by molar-refractivity contribution is 5.63. The molecule has 0 radical (unpaired) electrons. The molecular formula is C16H26N2. The van der Waals surface area contributed by atoms with E-state index in [1.54, 1.807) is 0 Å². The van der Waals surface area contributed by atoms with Gasteiger partial charge in [0.1, 0.15) is 0 Å². The number of nitrogens with one attached hydrogen (secondary N) is 1. The molecule has 2 heteroatoms. The number of hydrogen-bond donors (Lipinski definition) is 1. The van der Waals surface area contributed by atoms with E-state index in [1.807, 2.05) is 20.0 Å². The molecule has 0 saturated heterocycles. The number of aryl methyl sites for hydroxylation is 3. The molecule has 1 aromatic carbocycles. The van der Waals surface area contributed by atoms with Crippen LogP contribution >= 0.6 is 0 Å². The molecule has 18 heavy (non-hydrogen) atoms. The first-order valence-electron chi connectivity index (χ1n) is 6.94. The number of rotatable bonds is 2. The normalized spacial score (nSPS) is 17.2. The summed E-state index contributed by atoms with van der Waals surface area (Å²) in [5, 5.41) is 3.30. The largest absolute Gasteiger partial charge is 0.370 e. The second-order valence-electron chi connectivity index (χ2n) is 4.50. The van der Waals surface area contributed by atoms with Gasteiger partial charge in [-0.2, -0.15) is 0 Å². The van der Waals surface area contributed by atoms with Crippen molar-refractivity contribution >= 4 is 5.69 Å². The predicted molar refractivity (Wildman–Crippen MR) is 80.9 cm³/mol. The predicted octanol–water partition coefficient (Wildman–Crippen LogP) is 4.12. The summed E-state index contributed by atoms with van der Waals surface area (Å²) in [5.41, 5.74) is 5.47. The summed E-state index contributed by atoms with van der Waals surface area (Å²) in [4.78, 5) is 2.30. The van der Waals surface area contributed by atoms with E-state index in [9.17, 15) is 0 Å². The zero-order valence-electron chi connectivity index (χ0n) is 12.5. The van der Waals surface area contributed by atoms with Crippen molar-refractivity contribution in [2.45, 2.75) is 54.1 Å². The fourth-order valence-corrected chi connectivity index (χ4v) is 2.40. The molecule has 1 unspecified atom stereocenters. The SMILES string of the molecule is CC.CCc1cc(C)c(N2C=CNC2C)c(C)c1. The highest BCUT2D eigenvalue weighted by Crippen LogP contribution is 2.29. The maximum Gasteiger partial charge on any atom is 0.1000 e. The van der Waals surface area contributed by atoms with Crippen LogP contribution in [0.4, 0.5) is 5.69 Å². The number of nitrogens with zero attached hydrogens (tertiary/aromatic N) is 1. The summed E-state index contributed by atoms with van der Waals surface area (Å²) in [6, 6.07) is 4.59. The average molecular weight is 246 g/mol. The van der Waals surface area contributed by atoms with Crippen molar-refractivity contribution in [2.24, 2.45) is 0 Å². The number of anilines is 1. The molecule has 1 aromatic rings. The molecule has 2 nitrogen and oxygen atoms in total. The Hall–Kier alpha value is -1.44. The molecule has 1 N–H and O–H groups in total. The first-order valence-corrected chi connectivity index (χ1v) is 6.94. The van der Waals surface area contributed by atoms with Gasteiger partial charge in [0.15, 0.2) is 0 Å². The highest BCUT2D eigenvalue weighted by Gasteiger charge is 2.18. The molecule has 1 aliphatic heterocycles. The Balaban J connectivity index is 0.000000771. The van der Waals surface area contributed by atoms with Crippen molar-refractivity contribution in [3.8, 4) is 0 Å². The Morgan fingerprint density at radius 1 is 1.17 bits per heavy atom. The minimum absolute atomic E-state index is 0.352. The minimum atomic E-state index is 0.352. The van der Waals surface area contributed by atoms with Crippen LogP contribution in [0, 0.1) is 13.8 Å². The van der Waals surface area contributed by atoms with E-state index in [0.29, 0.717) is 6.17 Å². The lowest BCUT2D eigenvalue weighted by Crippen LogP contribution is -2.32. The van der Waals surface area contributed by atoms with E-state index in [1.165, 1.54) is 22.4 Å². The molecule has 1 aliphatic rings. The topological polar surface area (TPSA) is 15.3 Å². The van der Waals surface area contributed by atoms with E-state index < -0.39 is 0 Å². The number of hydrogen-bond acceptors (Lipinski definition) is 2. The fraction of sp³-hybridized carbons (Fsp3) is 0.500. The number of benzene rings is 1. The second kappa shape index (κ2) is 6.48. The zero-order chi connectivity index (χ0) is 13.7. The summed E-state index contributed by atoms with van der Waals surface area (Å²) < 4.78 is 0. The third-order valence-electron chi connectivity index (χ3n) is 3.21. The van der Waals surface area contributed by atoms with Gasteiger partial charge in [-0.15, -0.1) is 0 Å². The fourth-order valence-electron chi connectivity index (χ4n) is 2.40. The van der Waals surface area contributed by atoms with Gasteiger partial charge in [-0.05, 0) is 43.9 Å². The lowest BCUT2D eigenvalue weighted by Gasteiger charge is -2.26. The van der Waals surface area contributed by atoms with E-state index in [-0.39, 0.29) is 0 Å². The standard InChI is InChI=1S/C14H20N2.C2H6/c1-5-13-8-10(2)14(11(3)9-13)16-7-6-15-12(16)4;1-2/h6-9,12,15H,5H2,1-4H3;1-2H3. The van der Waals surface area contributed by atoms with Gasteiger partial charge in [0, 0.05) is 18.1 Å². The van der Waals surface area contributed by atoms with Crippen molar-refractivity contribution in [1.29, 1.82) is 0 Å². The minimum Gasteiger partial charge on any atom is -0.370 e. The lowest BCUT2D eigenvalue weighted by molar-refractivity contribution is 0.681. The van der Waals surface area contributed by atoms with Crippen LogP contribution in [0.2, 0.25) is 0 Å². The Kier molecular flexibility index (Phi) is 5.26. The van der Waals surface area contributed by atoms with Crippen molar-refractivity contribution in [1.82, 2.24) is 5.32 Å². The van der Waals surface area contributed by atoms with E-state index in [0.717, 1.165) is 6.42 Å². The second-order valence-corrected chi connectivity index (χ2v) is 4.50. The van der Waals surface area contributed by atoms with Crippen molar-refractivity contribution in [3.63, 3.8) is 0 Å². The molecule has 0 spiro atoms.